The van der Waals surface area contributed by atoms with E-state index in [0.717, 1.165) is 12.8 Å². The number of benzene rings is 1. The van der Waals surface area contributed by atoms with Crippen molar-refractivity contribution in [3.63, 3.8) is 0 Å². The lowest BCUT2D eigenvalue weighted by Gasteiger charge is -2.48. The second kappa shape index (κ2) is 5.32. The topological polar surface area (TPSA) is 57.6 Å². The second-order valence-corrected chi connectivity index (χ2v) is 7.90. The summed E-state index contributed by atoms with van der Waals surface area (Å²) in [5.41, 5.74) is -0.217. The number of carbonyl (C=O) groups excluding carboxylic acids is 2. The van der Waals surface area contributed by atoms with Gasteiger partial charge < -0.3 is 5.11 Å². The molecule has 0 radical (unpaired) electrons. The zero-order chi connectivity index (χ0) is 17.0. The van der Waals surface area contributed by atoms with Gasteiger partial charge in [0.15, 0.2) is 0 Å². The van der Waals surface area contributed by atoms with E-state index in [-0.39, 0.29) is 29.7 Å². The van der Waals surface area contributed by atoms with Crippen molar-refractivity contribution in [1.82, 2.24) is 4.90 Å². The Labute approximate surface area is 141 Å². The van der Waals surface area contributed by atoms with Crippen molar-refractivity contribution in [3.05, 3.63) is 34.9 Å². The Hall–Kier alpha value is -1.39. The number of aliphatic hydroxyl groups is 1. The van der Waals surface area contributed by atoms with Crippen LogP contribution >= 0.6 is 11.6 Å². The van der Waals surface area contributed by atoms with Crippen LogP contribution in [0.5, 0.6) is 0 Å². The first-order valence-electron chi connectivity index (χ1n) is 7.98. The van der Waals surface area contributed by atoms with Crippen LogP contribution in [-0.4, -0.2) is 28.4 Å². The summed E-state index contributed by atoms with van der Waals surface area (Å²) in [5, 5.41) is 11.0. The van der Waals surface area contributed by atoms with E-state index < -0.39 is 11.5 Å². The van der Waals surface area contributed by atoms with Crippen molar-refractivity contribution in [2.24, 2.45) is 16.7 Å². The predicted molar refractivity (Wildman–Crippen MR) is 87.7 cm³/mol. The highest BCUT2D eigenvalue weighted by Crippen LogP contribution is 2.60. The highest BCUT2D eigenvalue weighted by Gasteiger charge is 2.64. The average molecular weight is 336 g/mol. The van der Waals surface area contributed by atoms with E-state index in [2.05, 4.69) is 0 Å². The van der Waals surface area contributed by atoms with Crippen LogP contribution in [0.4, 0.5) is 0 Å². The summed E-state index contributed by atoms with van der Waals surface area (Å²) in [5.74, 6) is -0.458. The minimum absolute atomic E-state index is 0.00146. The quantitative estimate of drug-likeness (QED) is 0.863. The molecule has 1 N–H and O–H groups in total. The highest BCUT2D eigenvalue weighted by atomic mass is 35.5. The summed E-state index contributed by atoms with van der Waals surface area (Å²) in [6, 6.07) is 6.81. The van der Waals surface area contributed by atoms with E-state index in [9.17, 15) is 14.7 Å². The molecule has 1 aromatic carbocycles. The van der Waals surface area contributed by atoms with Crippen molar-refractivity contribution in [2.75, 3.05) is 6.54 Å². The lowest BCUT2D eigenvalue weighted by Crippen LogP contribution is -2.59. The maximum absolute atomic E-state index is 12.9. The molecule has 124 valence electrons. The summed E-state index contributed by atoms with van der Waals surface area (Å²) in [7, 11) is 0. The fraction of sp³-hybridized carbons (Fsp3) is 0.556. The van der Waals surface area contributed by atoms with Crippen molar-refractivity contribution >= 4 is 23.4 Å². The van der Waals surface area contributed by atoms with Gasteiger partial charge in [0.25, 0.3) is 0 Å². The van der Waals surface area contributed by atoms with Crippen LogP contribution in [0.3, 0.4) is 0 Å². The molecule has 2 amide bonds. The molecule has 4 nitrogen and oxygen atoms in total. The van der Waals surface area contributed by atoms with E-state index >= 15 is 0 Å². The van der Waals surface area contributed by atoms with Gasteiger partial charge in [-0.25, -0.2) is 0 Å². The number of piperidine rings is 1. The van der Waals surface area contributed by atoms with E-state index in [1.54, 1.807) is 24.3 Å². The van der Waals surface area contributed by atoms with Crippen LogP contribution in [0.2, 0.25) is 5.02 Å². The first-order chi connectivity index (χ1) is 10.7. The number of fused-ring (bicyclic) bond motifs is 2. The Morgan fingerprint density at radius 3 is 2.48 bits per heavy atom. The van der Waals surface area contributed by atoms with Gasteiger partial charge in [-0.05, 0) is 36.0 Å². The fourth-order valence-corrected chi connectivity index (χ4v) is 4.16. The van der Waals surface area contributed by atoms with Crippen LogP contribution in [-0.2, 0) is 9.59 Å². The maximum Gasteiger partial charge on any atom is 0.235 e. The van der Waals surface area contributed by atoms with Crippen molar-refractivity contribution in [2.45, 2.75) is 39.7 Å². The summed E-state index contributed by atoms with van der Waals surface area (Å²) >= 11 is 5.85. The first-order valence-corrected chi connectivity index (χ1v) is 8.35. The van der Waals surface area contributed by atoms with Crippen LogP contribution in [0.25, 0.3) is 0 Å². The molecule has 0 spiro atoms. The molecule has 3 atom stereocenters. The number of rotatable bonds is 3. The number of likely N-dealkylation sites (tertiary alicyclic amines) is 1. The predicted octanol–water partition coefficient (Wildman–Crippen LogP) is 3.18. The van der Waals surface area contributed by atoms with Crippen molar-refractivity contribution in [3.8, 4) is 0 Å². The minimum atomic E-state index is -0.899. The molecular weight excluding hydrogens is 314 g/mol. The van der Waals surface area contributed by atoms with Crippen molar-refractivity contribution in [1.29, 1.82) is 0 Å². The second-order valence-electron chi connectivity index (χ2n) is 7.47. The molecule has 3 unspecified atom stereocenters. The van der Waals surface area contributed by atoms with Gasteiger partial charge in [-0.3, -0.25) is 14.5 Å². The summed E-state index contributed by atoms with van der Waals surface area (Å²) in [6.07, 6.45) is 0.564. The largest absolute Gasteiger partial charge is 0.387 e. The van der Waals surface area contributed by atoms with Crippen LogP contribution in [0.15, 0.2) is 24.3 Å². The molecule has 23 heavy (non-hydrogen) atoms. The third-order valence-electron chi connectivity index (χ3n) is 6.12. The molecule has 2 fully saturated rings. The number of carbonyl (C=O) groups is 2. The van der Waals surface area contributed by atoms with Gasteiger partial charge in [-0.15, -0.1) is 0 Å². The van der Waals surface area contributed by atoms with Gasteiger partial charge in [-0.1, -0.05) is 44.5 Å². The number of aliphatic hydroxyl groups excluding tert-OH is 1. The molecule has 1 heterocycles. The van der Waals surface area contributed by atoms with Crippen LogP contribution < -0.4 is 0 Å². The number of β-amino-alcohol motifs (C(OH)–C–C–N with tert-alkyl or cyclic N) is 1. The van der Waals surface area contributed by atoms with Gasteiger partial charge in [0, 0.05) is 10.9 Å². The number of nitrogens with zero attached hydrogens (tertiary/aromatic N) is 1. The molecule has 1 aromatic rings. The van der Waals surface area contributed by atoms with Crippen molar-refractivity contribution < 1.29 is 14.7 Å². The molecule has 1 aliphatic heterocycles. The Balaban J connectivity index is 1.85. The number of hydrogen-bond donors (Lipinski definition) is 1. The summed E-state index contributed by atoms with van der Waals surface area (Å²) < 4.78 is 0. The van der Waals surface area contributed by atoms with E-state index in [1.165, 1.54) is 4.90 Å². The van der Waals surface area contributed by atoms with E-state index in [1.807, 2.05) is 20.8 Å². The van der Waals surface area contributed by atoms with Gasteiger partial charge in [0.2, 0.25) is 11.8 Å². The molecule has 3 rings (SSSR count). The number of imide groups is 1. The van der Waals surface area contributed by atoms with Gasteiger partial charge in [0.05, 0.1) is 18.1 Å². The van der Waals surface area contributed by atoms with Crippen LogP contribution in [0.1, 0.15) is 45.3 Å². The van der Waals surface area contributed by atoms with Gasteiger partial charge in [0.1, 0.15) is 0 Å². The Morgan fingerprint density at radius 2 is 1.87 bits per heavy atom. The molecule has 2 bridgehead atoms. The standard InChI is InChI=1S/C18H22ClNO3/c1-17(2)13-8-9-18(17,3)16(23)20(15(13)22)10-14(21)11-4-6-12(19)7-5-11/h4-7,13-14,21H,8-10H2,1-3H3. The average Bonchev–Trinajstić information content (AvgIpc) is 2.69. The molecule has 2 aliphatic rings. The van der Waals surface area contributed by atoms with E-state index in [4.69, 9.17) is 11.6 Å². The number of hydrogen-bond acceptors (Lipinski definition) is 3. The normalized spacial score (nSPS) is 30.7. The Morgan fingerprint density at radius 1 is 1.26 bits per heavy atom. The van der Waals surface area contributed by atoms with Gasteiger partial charge in [-0.2, -0.15) is 0 Å². The monoisotopic (exact) mass is 335 g/mol. The minimum Gasteiger partial charge on any atom is -0.387 e. The zero-order valence-corrected chi connectivity index (χ0v) is 14.4. The van der Waals surface area contributed by atoms with Gasteiger partial charge >= 0.3 is 0 Å². The number of halogens is 1. The third-order valence-corrected chi connectivity index (χ3v) is 6.37. The highest BCUT2D eigenvalue weighted by molar-refractivity contribution is 6.30. The summed E-state index contributed by atoms with van der Waals surface area (Å²) in [4.78, 5) is 26.9. The molecule has 1 aliphatic carbocycles. The first kappa shape index (κ1) is 16.5. The molecule has 5 heteroatoms. The third kappa shape index (κ3) is 2.31. The fourth-order valence-electron chi connectivity index (χ4n) is 4.04. The summed E-state index contributed by atoms with van der Waals surface area (Å²) in [6.45, 7) is 5.96. The number of amides is 2. The SMILES string of the molecule is CC12CCC(C(=O)N(CC(O)c3ccc(Cl)cc3)C1=O)C2(C)C. The molecule has 0 aromatic heterocycles. The lowest BCUT2D eigenvalue weighted by atomic mass is 9.62. The Bertz CT molecular complexity index is 655. The van der Waals surface area contributed by atoms with E-state index in [0.29, 0.717) is 10.6 Å². The zero-order valence-electron chi connectivity index (χ0n) is 13.7. The molecule has 1 saturated carbocycles. The smallest absolute Gasteiger partial charge is 0.235 e. The lowest BCUT2D eigenvalue weighted by molar-refractivity contribution is -0.169. The van der Waals surface area contributed by atoms with Crippen LogP contribution in [0, 0.1) is 16.7 Å². The Kier molecular flexibility index (Phi) is 3.81. The molecular formula is C18H22ClNO3. The molecule has 1 saturated heterocycles. The maximum atomic E-state index is 12.9.